The first-order valence-corrected chi connectivity index (χ1v) is 8.48. The van der Waals surface area contributed by atoms with Crippen molar-refractivity contribution < 1.29 is 0 Å². The fraction of sp³-hybridized carbons (Fsp3) is 1.00. The van der Waals surface area contributed by atoms with Crippen molar-refractivity contribution in [3.8, 4) is 0 Å². The SMILES string of the molecule is CCC1CCCN(CCCCCCNC(C)(C)C)C1. The Hall–Kier alpha value is -0.0800. The molecule has 2 heteroatoms. The molecule has 0 bridgehead atoms. The average molecular weight is 268 g/mol. The van der Waals surface area contributed by atoms with Crippen molar-refractivity contribution >= 4 is 0 Å². The number of nitrogens with zero attached hydrogens (tertiary/aromatic N) is 1. The minimum atomic E-state index is 0.281. The van der Waals surface area contributed by atoms with Gasteiger partial charge in [0.15, 0.2) is 0 Å². The molecule has 1 unspecified atom stereocenters. The molecule has 1 atom stereocenters. The Morgan fingerprint density at radius 1 is 1.11 bits per heavy atom. The van der Waals surface area contributed by atoms with Gasteiger partial charge in [0.05, 0.1) is 0 Å². The van der Waals surface area contributed by atoms with Crippen LogP contribution in [0.15, 0.2) is 0 Å². The molecule has 0 aromatic carbocycles. The molecule has 1 heterocycles. The van der Waals surface area contributed by atoms with E-state index >= 15 is 0 Å². The van der Waals surface area contributed by atoms with Gasteiger partial charge < -0.3 is 10.2 Å². The number of hydrogen-bond acceptors (Lipinski definition) is 2. The van der Waals surface area contributed by atoms with E-state index in [1.165, 1.54) is 71.1 Å². The smallest absolute Gasteiger partial charge is 0.00965 e. The van der Waals surface area contributed by atoms with Gasteiger partial charge in [0.1, 0.15) is 0 Å². The zero-order valence-electron chi connectivity index (χ0n) is 13.8. The van der Waals surface area contributed by atoms with E-state index in [2.05, 4.69) is 37.9 Å². The Balaban J connectivity index is 1.93. The highest BCUT2D eigenvalue weighted by atomic mass is 15.1. The van der Waals surface area contributed by atoms with E-state index in [1.54, 1.807) is 0 Å². The minimum absolute atomic E-state index is 0.281. The van der Waals surface area contributed by atoms with Crippen LogP contribution < -0.4 is 5.32 Å². The molecular weight excluding hydrogens is 232 g/mol. The van der Waals surface area contributed by atoms with Gasteiger partial charge in [0.25, 0.3) is 0 Å². The van der Waals surface area contributed by atoms with Crippen LogP contribution in [0.3, 0.4) is 0 Å². The third kappa shape index (κ3) is 8.65. The number of likely N-dealkylation sites (tertiary alicyclic amines) is 1. The summed E-state index contributed by atoms with van der Waals surface area (Å²) in [4.78, 5) is 2.70. The summed E-state index contributed by atoms with van der Waals surface area (Å²) < 4.78 is 0. The Morgan fingerprint density at radius 2 is 1.84 bits per heavy atom. The second kappa shape index (κ2) is 8.97. The van der Waals surface area contributed by atoms with Gasteiger partial charge in [-0.15, -0.1) is 0 Å². The number of piperidine rings is 1. The van der Waals surface area contributed by atoms with Gasteiger partial charge in [-0.2, -0.15) is 0 Å². The van der Waals surface area contributed by atoms with E-state index in [4.69, 9.17) is 0 Å². The zero-order chi connectivity index (χ0) is 14.1. The van der Waals surface area contributed by atoms with Crippen LogP contribution >= 0.6 is 0 Å². The van der Waals surface area contributed by atoms with E-state index in [-0.39, 0.29) is 5.54 Å². The maximum absolute atomic E-state index is 3.57. The predicted molar refractivity (Wildman–Crippen MR) is 85.7 cm³/mol. The molecule has 1 aliphatic heterocycles. The van der Waals surface area contributed by atoms with E-state index in [0.29, 0.717) is 0 Å². The molecule has 0 radical (unpaired) electrons. The highest BCUT2D eigenvalue weighted by Gasteiger charge is 2.17. The molecule has 0 saturated carbocycles. The fourth-order valence-electron chi connectivity index (χ4n) is 2.96. The van der Waals surface area contributed by atoms with Crippen molar-refractivity contribution in [2.45, 2.75) is 78.2 Å². The first-order valence-electron chi connectivity index (χ1n) is 8.48. The molecule has 0 aromatic heterocycles. The van der Waals surface area contributed by atoms with Gasteiger partial charge >= 0.3 is 0 Å². The van der Waals surface area contributed by atoms with Crippen molar-refractivity contribution in [1.29, 1.82) is 0 Å². The number of nitrogens with one attached hydrogen (secondary N) is 1. The standard InChI is InChI=1S/C17H36N2/c1-5-16-11-10-14-19(15-16)13-9-7-6-8-12-18-17(2,3)4/h16,18H,5-15H2,1-4H3. The van der Waals surface area contributed by atoms with Crippen LogP contribution in [0, 0.1) is 5.92 Å². The summed E-state index contributed by atoms with van der Waals surface area (Å²) in [6, 6.07) is 0. The Bertz CT molecular complexity index is 220. The third-order valence-corrected chi connectivity index (χ3v) is 4.24. The van der Waals surface area contributed by atoms with Gasteiger partial charge in [-0.25, -0.2) is 0 Å². The highest BCUT2D eigenvalue weighted by Crippen LogP contribution is 2.19. The molecule has 1 fully saturated rings. The maximum atomic E-state index is 3.57. The summed E-state index contributed by atoms with van der Waals surface area (Å²) in [7, 11) is 0. The summed E-state index contributed by atoms with van der Waals surface area (Å²) in [6.45, 7) is 14.3. The van der Waals surface area contributed by atoms with Crippen LogP contribution in [0.4, 0.5) is 0 Å². The average Bonchev–Trinajstić information content (AvgIpc) is 2.36. The summed E-state index contributed by atoms with van der Waals surface area (Å²) in [5, 5.41) is 3.57. The van der Waals surface area contributed by atoms with Crippen LogP contribution in [0.5, 0.6) is 0 Å². The summed E-state index contributed by atoms with van der Waals surface area (Å²) in [5.41, 5.74) is 0.281. The molecule has 0 amide bonds. The largest absolute Gasteiger partial charge is 0.312 e. The van der Waals surface area contributed by atoms with Crippen LogP contribution in [0.25, 0.3) is 0 Å². The lowest BCUT2D eigenvalue weighted by atomic mass is 9.95. The number of hydrogen-bond donors (Lipinski definition) is 1. The summed E-state index contributed by atoms with van der Waals surface area (Å²) in [5.74, 6) is 0.977. The van der Waals surface area contributed by atoms with Crippen molar-refractivity contribution in [3.63, 3.8) is 0 Å². The molecule has 114 valence electrons. The Morgan fingerprint density at radius 3 is 2.53 bits per heavy atom. The van der Waals surface area contributed by atoms with Gasteiger partial charge in [-0.3, -0.25) is 0 Å². The lowest BCUT2D eigenvalue weighted by molar-refractivity contribution is 0.169. The first kappa shape index (κ1) is 17.0. The molecule has 0 spiro atoms. The molecule has 1 saturated heterocycles. The van der Waals surface area contributed by atoms with Gasteiger partial charge in [0, 0.05) is 12.1 Å². The molecular formula is C17H36N2. The monoisotopic (exact) mass is 268 g/mol. The second-order valence-electron chi connectivity index (χ2n) is 7.31. The van der Waals surface area contributed by atoms with E-state index in [0.717, 1.165) is 5.92 Å². The quantitative estimate of drug-likeness (QED) is 0.668. The lowest BCUT2D eigenvalue weighted by Gasteiger charge is -2.32. The molecule has 1 N–H and O–H groups in total. The van der Waals surface area contributed by atoms with E-state index in [9.17, 15) is 0 Å². The molecule has 19 heavy (non-hydrogen) atoms. The minimum Gasteiger partial charge on any atom is -0.312 e. The van der Waals surface area contributed by atoms with E-state index < -0.39 is 0 Å². The summed E-state index contributed by atoms with van der Waals surface area (Å²) in [6.07, 6.45) is 9.77. The molecule has 1 aliphatic rings. The number of unbranched alkanes of at least 4 members (excludes halogenated alkanes) is 3. The van der Waals surface area contributed by atoms with Crippen LogP contribution in [-0.2, 0) is 0 Å². The normalized spacial score (nSPS) is 21.8. The molecule has 0 aliphatic carbocycles. The van der Waals surface area contributed by atoms with Crippen LogP contribution in [0.1, 0.15) is 72.6 Å². The number of rotatable bonds is 8. The first-order chi connectivity index (χ1) is 9.01. The van der Waals surface area contributed by atoms with E-state index in [1.807, 2.05) is 0 Å². The van der Waals surface area contributed by atoms with Gasteiger partial charge in [-0.1, -0.05) is 26.2 Å². The van der Waals surface area contributed by atoms with Crippen molar-refractivity contribution in [3.05, 3.63) is 0 Å². The van der Waals surface area contributed by atoms with Crippen molar-refractivity contribution in [2.75, 3.05) is 26.2 Å². The predicted octanol–water partition coefficient (Wildman–Crippen LogP) is 4.06. The van der Waals surface area contributed by atoms with Gasteiger partial charge in [0.2, 0.25) is 0 Å². The van der Waals surface area contributed by atoms with Crippen molar-refractivity contribution in [2.24, 2.45) is 5.92 Å². The molecule has 2 nitrogen and oxygen atoms in total. The second-order valence-corrected chi connectivity index (χ2v) is 7.31. The van der Waals surface area contributed by atoms with Crippen molar-refractivity contribution in [1.82, 2.24) is 10.2 Å². The zero-order valence-corrected chi connectivity index (χ0v) is 13.8. The van der Waals surface area contributed by atoms with Crippen LogP contribution in [-0.4, -0.2) is 36.6 Å². The van der Waals surface area contributed by atoms with Gasteiger partial charge in [-0.05, 0) is 72.0 Å². The van der Waals surface area contributed by atoms with Crippen LogP contribution in [0.2, 0.25) is 0 Å². The summed E-state index contributed by atoms with van der Waals surface area (Å²) >= 11 is 0. The topological polar surface area (TPSA) is 15.3 Å². The lowest BCUT2D eigenvalue weighted by Crippen LogP contribution is -2.36. The highest BCUT2D eigenvalue weighted by molar-refractivity contribution is 4.72. The maximum Gasteiger partial charge on any atom is 0.00965 e. The Labute approximate surface area is 121 Å². The molecule has 0 aromatic rings. The Kier molecular flexibility index (Phi) is 8.01. The third-order valence-electron chi connectivity index (χ3n) is 4.24. The molecule has 1 rings (SSSR count). The fourth-order valence-corrected chi connectivity index (χ4v) is 2.96.